The van der Waals surface area contributed by atoms with E-state index in [1.165, 1.54) is 124 Å². The molecule has 0 unspecified atom stereocenters. The molecule has 79 heavy (non-hydrogen) atoms. The minimum absolute atomic E-state index is 1.10. The minimum atomic E-state index is 1.10. The van der Waals surface area contributed by atoms with Crippen LogP contribution in [0.2, 0.25) is 0 Å². The van der Waals surface area contributed by atoms with Gasteiger partial charge in [-0.05, 0) is 179 Å². The zero-order valence-corrected chi connectivity index (χ0v) is 43.8. The molecular weight excluding hydrogens is 973 g/mol. The predicted molar refractivity (Wildman–Crippen MR) is 340 cm³/mol. The van der Waals surface area contributed by atoms with Crippen LogP contribution in [0.25, 0.3) is 135 Å². The third-order valence-corrected chi connectivity index (χ3v) is 17.5. The Balaban J connectivity index is 0.785. The first-order valence-electron chi connectivity index (χ1n) is 27.1. The van der Waals surface area contributed by atoms with E-state index in [4.69, 9.17) is 0 Å². The molecule has 368 valence electrons. The van der Waals surface area contributed by atoms with Crippen molar-refractivity contribution >= 4 is 113 Å². The summed E-state index contributed by atoms with van der Waals surface area (Å²) in [6, 6.07) is 107. The monoisotopic (exact) mass is 1020 g/mol. The summed E-state index contributed by atoms with van der Waals surface area (Å²) in [7, 11) is 0. The lowest BCUT2D eigenvalue weighted by Crippen LogP contribution is -2.09. The van der Waals surface area contributed by atoms with E-state index < -0.39 is 0 Å². The van der Waals surface area contributed by atoms with Crippen LogP contribution < -0.4 is 4.90 Å². The molecule has 0 atom stereocenters. The number of anilines is 3. The third-order valence-electron chi connectivity index (χ3n) is 16.4. The van der Waals surface area contributed by atoms with Crippen LogP contribution in [-0.2, 0) is 0 Å². The lowest BCUT2D eigenvalue weighted by atomic mass is 9.92. The van der Waals surface area contributed by atoms with Crippen molar-refractivity contribution in [3.63, 3.8) is 0 Å². The first-order chi connectivity index (χ1) is 39.2. The lowest BCUT2D eigenvalue weighted by Gasteiger charge is -2.26. The fourth-order valence-corrected chi connectivity index (χ4v) is 13.8. The van der Waals surface area contributed by atoms with Gasteiger partial charge >= 0.3 is 0 Å². The fraction of sp³-hybridized carbons (Fsp3) is 0. The molecule has 2 aromatic heterocycles. The molecule has 0 aliphatic carbocycles. The maximum Gasteiger partial charge on any atom is 0.0541 e. The van der Waals surface area contributed by atoms with Gasteiger partial charge in [-0.25, -0.2) is 0 Å². The average Bonchev–Trinajstić information content (AvgIpc) is 4.17. The lowest BCUT2D eigenvalue weighted by molar-refractivity contribution is 1.18. The van der Waals surface area contributed by atoms with Crippen molar-refractivity contribution in [3.05, 3.63) is 291 Å². The van der Waals surface area contributed by atoms with Gasteiger partial charge in [0.2, 0.25) is 0 Å². The second-order valence-electron chi connectivity index (χ2n) is 20.8. The molecule has 0 bridgehead atoms. The van der Waals surface area contributed by atoms with Gasteiger partial charge < -0.3 is 9.47 Å². The highest BCUT2D eigenvalue weighted by Crippen LogP contribution is 2.44. The van der Waals surface area contributed by atoms with Crippen LogP contribution in [0.1, 0.15) is 0 Å². The molecule has 2 nitrogen and oxygen atoms in total. The van der Waals surface area contributed by atoms with Crippen LogP contribution in [0.4, 0.5) is 17.1 Å². The van der Waals surface area contributed by atoms with E-state index in [1.807, 2.05) is 11.3 Å². The Labute approximate surface area is 461 Å². The SMILES string of the molecule is c1ccc(N(c2ccc(-c3ccc4c(c3)c3cc(-c5cccc6ccccc56)ccc3n4-c3ccc(-c4ccc5c6ccccc6c6ccccc6c5c4)cc3)cc2)c2ccc(-c3cccc4sc5ccccc5c34)cc2)cc1. The number of benzene rings is 14. The number of rotatable bonds is 8. The van der Waals surface area contributed by atoms with Crippen LogP contribution in [0, 0.1) is 0 Å². The maximum atomic E-state index is 2.44. The molecule has 3 heteroatoms. The van der Waals surface area contributed by atoms with E-state index >= 15 is 0 Å². The highest BCUT2D eigenvalue weighted by molar-refractivity contribution is 7.25. The maximum absolute atomic E-state index is 2.44. The van der Waals surface area contributed by atoms with Gasteiger partial charge in [-0.3, -0.25) is 0 Å². The van der Waals surface area contributed by atoms with Crippen LogP contribution in [0.5, 0.6) is 0 Å². The minimum Gasteiger partial charge on any atom is -0.311 e. The van der Waals surface area contributed by atoms with Gasteiger partial charge in [0.1, 0.15) is 0 Å². The fourth-order valence-electron chi connectivity index (χ4n) is 12.6. The smallest absolute Gasteiger partial charge is 0.0541 e. The first kappa shape index (κ1) is 45.2. The summed E-state index contributed by atoms with van der Waals surface area (Å²) in [6.07, 6.45) is 0. The van der Waals surface area contributed by atoms with Crippen LogP contribution in [0.15, 0.2) is 291 Å². The number of fused-ring (bicyclic) bond motifs is 13. The Hall–Kier alpha value is -10.1. The number of nitrogens with zero attached hydrogens (tertiary/aromatic N) is 2. The molecule has 0 spiro atoms. The molecule has 0 saturated carbocycles. The van der Waals surface area contributed by atoms with Gasteiger partial charge in [-0.2, -0.15) is 0 Å². The Morgan fingerprint density at radius 2 is 0.696 bits per heavy atom. The summed E-state index contributed by atoms with van der Waals surface area (Å²) < 4.78 is 5.08. The summed E-state index contributed by atoms with van der Waals surface area (Å²) in [5.74, 6) is 0. The quantitative estimate of drug-likeness (QED) is 0.138. The summed E-state index contributed by atoms with van der Waals surface area (Å²) in [4.78, 5) is 2.36. The van der Waals surface area contributed by atoms with Crippen molar-refractivity contribution in [1.29, 1.82) is 0 Å². The van der Waals surface area contributed by atoms with Crippen LogP contribution in [0.3, 0.4) is 0 Å². The number of hydrogen-bond acceptors (Lipinski definition) is 2. The molecule has 0 radical (unpaired) electrons. The van der Waals surface area contributed by atoms with E-state index in [0.717, 1.165) is 28.3 Å². The van der Waals surface area contributed by atoms with Gasteiger partial charge in [0.05, 0.1) is 11.0 Å². The van der Waals surface area contributed by atoms with Gasteiger partial charge in [-0.15, -0.1) is 11.3 Å². The van der Waals surface area contributed by atoms with Crippen molar-refractivity contribution in [3.8, 4) is 50.2 Å². The van der Waals surface area contributed by atoms with E-state index in [9.17, 15) is 0 Å². The van der Waals surface area contributed by atoms with Crippen molar-refractivity contribution in [2.45, 2.75) is 0 Å². The summed E-state index contributed by atoms with van der Waals surface area (Å²) >= 11 is 1.86. The molecule has 16 rings (SSSR count). The van der Waals surface area contributed by atoms with Crippen molar-refractivity contribution < 1.29 is 0 Å². The summed E-state index contributed by atoms with van der Waals surface area (Å²) in [5.41, 5.74) is 16.4. The van der Waals surface area contributed by atoms with Crippen LogP contribution >= 0.6 is 11.3 Å². The second kappa shape index (κ2) is 18.3. The Bertz CT molecular complexity index is 5010. The van der Waals surface area contributed by atoms with E-state index in [2.05, 4.69) is 301 Å². The number of aromatic nitrogens is 1. The van der Waals surface area contributed by atoms with Gasteiger partial charge in [-0.1, -0.05) is 200 Å². The molecular formula is C76H48N2S. The molecule has 2 heterocycles. The van der Waals surface area contributed by atoms with Gasteiger partial charge in [0, 0.05) is 53.7 Å². The third kappa shape index (κ3) is 7.46. The molecule has 0 aliphatic heterocycles. The van der Waals surface area contributed by atoms with E-state index in [-0.39, 0.29) is 0 Å². The molecule has 0 saturated heterocycles. The van der Waals surface area contributed by atoms with Gasteiger partial charge in [0.25, 0.3) is 0 Å². The molecule has 16 aromatic rings. The van der Waals surface area contributed by atoms with Crippen molar-refractivity contribution in [1.82, 2.24) is 4.57 Å². The molecule has 0 fully saturated rings. The summed E-state index contributed by atoms with van der Waals surface area (Å²) in [5, 5.41) is 15.3. The Kier molecular flexibility index (Phi) is 10.5. The molecule has 0 amide bonds. The number of thiophene rings is 1. The second-order valence-corrected chi connectivity index (χ2v) is 21.8. The predicted octanol–water partition coefficient (Wildman–Crippen LogP) is 21.9. The average molecular weight is 1020 g/mol. The van der Waals surface area contributed by atoms with Crippen molar-refractivity contribution in [2.75, 3.05) is 4.90 Å². The topological polar surface area (TPSA) is 8.17 Å². The van der Waals surface area contributed by atoms with E-state index in [0.29, 0.717) is 0 Å². The van der Waals surface area contributed by atoms with Crippen LogP contribution in [-0.4, -0.2) is 4.57 Å². The highest BCUT2D eigenvalue weighted by Gasteiger charge is 2.19. The molecule has 0 N–H and O–H groups in total. The standard InChI is InChI=1S/C76H48N2S/c1-2-16-56(17-3-1)77(58-41-32-52(33-42-58)62-25-13-27-75-76(62)68-23-10-11-26-74(68)79-75)57-37-28-50(29-38-57)54-35-44-72-70(47-54)71-48-55(61-24-12-15-51-14-4-5-18-60(51)61)36-45-73(71)78(72)59-39-30-49(31-40-59)53-34-43-67-65-21-7-6-19-63(65)64-20-8-9-22-66(64)69(67)46-53/h1-48H. The van der Waals surface area contributed by atoms with Gasteiger partial charge in [0.15, 0.2) is 0 Å². The molecule has 0 aliphatic rings. The number of hydrogen-bond donors (Lipinski definition) is 0. The Morgan fingerprint density at radius 1 is 0.253 bits per heavy atom. The summed E-state index contributed by atoms with van der Waals surface area (Å²) in [6.45, 7) is 0. The largest absolute Gasteiger partial charge is 0.311 e. The highest BCUT2D eigenvalue weighted by atomic mass is 32.1. The first-order valence-corrected chi connectivity index (χ1v) is 28.0. The number of para-hydroxylation sites is 1. The van der Waals surface area contributed by atoms with Crippen molar-refractivity contribution in [2.24, 2.45) is 0 Å². The van der Waals surface area contributed by atoms with E-state index in [1.54, 1.807) is 0 Å². The normalized spacial score (nSPS) is 11.8. The molecule has 14 aromatic carbocycles. The Morgan fingerprint density at radius 3 is 1.38 bits per heavy atom. The zero-order valence-electron chi connectivity index (χ0n) is 43.0. The zero-order chi connectivity index (χ0) is 52.0.